The van der Waals surface area contributed by atoms with Crippen LogP contribution >= 0.6 is 22.3 Å². The van der Waals surface area contributed by atoms with E-state index in [-0.39, 0.29) is 36.5 Å². The van der Waals surface area contributed by atoms with E-state index in [1.807, 2.05) is 0 Å². The van der Waals surface area contributed by atoms with Crippen LogP contribution in [-0.4, -0.2) is 36.6 Å². The van der Waals surface area contributed by atoms with Gasteiger partial charge in [0.25, 0.3) is 0 Å². The molecule has 1 aromatic heterocycles. The van der Waals surface area contributed by atoms with Crippen molar-refractivity contribution in [3.8, 4) is 0 Å². The summed E-state index contributed by atoms with van der Waals surface area (Å²) in [4.78, 5) is 21.9. The second kappa shape index (κ2) is 5.64. The van der Waals surface area contributed by atoms with Crippen LogP contribution in [0.1, 0.15) is 6.42 Å². The molecule has 0 spiro atoms. The number of hydrogen-bond donors (Lipinski definition) is 0. The van der Waals surface area contributed by atoms with Gasteiger partial charge >= 0.3 is 0 Å². The van der Waals surface area contributed by atoms with Gasteiger partial charge in [-0.3, -0.25) is 9.69 Å². The Labute approximate surface area is 136 Å². The zero-order valence-corrected chi connectivity index (χ0v) is 13.6. The standard InChI is InChI=1S/C13H11Cl2N3O3S/c14-10-2-1-3-11-9(10)5-16-13(17-11)18-6-8(4-12(18)19)7-22(15,20)21/h1-3,5,8H,4,6-7H2. The third-order valence-corrected chi connectivity index (χ3v) is 5.02. The quantitative estimate of drug-likeness (QED) is 0.784. The van der Waals surface area contributed by atoms with Crippen molar-refractivity contribution in [2.24, 2.45) is 5.92 Å². The molecule has 0 aliphatic carbocycles. The fourth-order valence-electron chi connectivity index (χ4n) is 2.51. The SMILES string of the molecule is O=C1CC(CS(=O)(=O)Cl)CN1c1ncc2c(Cl)cccc2n1. The molecule has 0 radical (unpaired) electrons. The van der Waals surface area contributed by atoms with Gasteiger partial charge in [0.05, 0.1) is 16.3 Å². The van der Waals surface area contributed by atoms with Crippen LogP contribution < -0.4 is 4.90 Å². The van der Waals surface area contributed by atoms with E-state index in [0.29, 0.717) is 15.9 Å². The Balaban J connectivity index is 1.90. The highest BCUT2D eigenvalue weighted by molar-refractivity contribution is 8.13. The van der Waals surface area contributed by atoms with Crippen LogP contribution in [0, 0.1) is 5.92 Å². The van der Waals surface area contributed by atoms with Gasteiger partial charge in [0, 0.05) is 41.1 Å². The van der Waals surface area contributed by atoms with Crippen LogP contribution in [0.2, 0.25) is 5.02 Å². The van der Waals surface area contributed by atoms with Gasteiger partial charge in [0.2, 0.25) is 20.9 Å². The molecule has 1 unspecified atom stereocenters. The summed E-state index contributed by atoms with van der Waals surface area (Å²) in [5, 5.41) is 1.22. The van der Waals surface area contributed by atoms with Crippen LogP contribution in [0.3, 0.4) is 0 Å². The lowest BCUT2D eigenvalue weighted by Crippen LogP contribution is -2.27. The van der Waals surface area contributed by atoms with Crippen LogP contribution in [0.5, 0.6) is 0 Å². The number of halogens is 2. The fraction of sp³-hybridized carbons (Fsp3) is 0.308. The van der Waals surface area contributed by atoms with Gasteiger partial charge in [0.1, 0.15) is 0 Å². The first kappa shape index (κ1) is 15.5. The molecule has 9 heteroatoms. The summed E-state index contributed by atoms with van der Waals surface area (Å²) in [6.45, 7) is 0.233. The summed E-state index contributed by atoms with van der Waals surface area (Å²) >= 11 is 6.05. The maximum absolute atomic E-state index is 12.1. The summed E-state index contributed by atoms with van der Waals surface area (Å²) in [5.41, 5.74) is 0.624. The van der Waals surface area contributed by atoms with Crippen molar-refractivity contribution < 1.29 is 13.2 Å². The molecule has 6 nitrogen and oxygen atoms in total. The summed E-state index contributed by atoms with van der Waals surface area (Å²) in [7, 11) is 1.60. The van der Waals surface area contributed by atoms with Crippen molar-refractivity contribution in [3.63, 3.8) is 0 Å². The molecule has 3 rings (SSSR count). The molecule has 1 amide bonds. The third-order valence-electron chi connectivity index (χ3n) is 3.44. The molecule has 2 heterocycles. The molecule has 22 heavy (non-hydrogen) atoms. The van der Waals surface area contributed by atoms with E-state index in [9.17, 15) is 13.2 Å². The zero-order valence-electron chi connectivity index (χ0n) is 11.2. The Morgan fingerprint density at radius 1 is 1.36 bits per heavy atom. The van der Waals surface area contributed by atoms with E-state index < -0.39 is 9.05 Å². The number of benzene rings is 1. The third kappa shape index (κ3) is 3.16. The minimum atomic E-state index is -3.64. The number of aromatic nitrogens is 2. The second-order valence-corrected chi connectivity index (χ2v) is 8.35. The van der Waals surface area contributed by atoms with Gasteiger partial charge in [-0.25, -0.2) is 18.4 Å². The van der Waals surface area contributed by atoms with E-state index in [1.54, 1.807) is 24.4 Å². The van der Waals surface area contributed by atoms with Crippen molar-refractivity contribution in [2.45, 2.75) is 6.42 Å². The monoisotopic (exact) mass is 359 g/mol. The number of hydrogen-bond acceptors (Lipinski definition) is 5. The number of fused-ring (bicyclic) bond motifs is 1. The van der Waals surface area contributed by atoms with E-state index in [2.05, 4.69) is 9.97 Å². The van der Waals surface area contributed by atoms with E-state index in [0.717, 1.165) is 0 Å². The van der Waals surface area contributed by atoms with Gasteiger partial charge in [-0.1, -0.05) is 17.7 Å². The summed E-state index contributed by atoms with van der Waals surface area (Å²) < 4.78 is 22.3. The van der Waals surface area contributed by atoms with Crippen molar-refractivity contribution >= 4 is 54.1 Å². The van der Waals surface area contributed by atoms with E-state index in [1.165, 1.54) is 4.90 Å². The predicted octanol–water partition coefficient (Wildman–Crippen LogP) is 2.20. The minimum absolute atomic E-state index is 0.114. The van der Waals surface area contributed by atoms with Gasteiger partial charge in [0.15, 0.2) is 0 Å². The number of rotatable bonds is 3. The van der Waals surface area contributed by atoms with Crippen LogP contribution in [0.4, 0.5) is 5.95 Å². The van der Waals surface area contributed by atoms with Crippen molar-refractivity contribution in [1.82, 2.24) is 9.97 Å². The van der Waals surface area contributed by atoms with Gasteiger partial charge < -0.3 is 0 Å². The molecule has 2 aromatic rings. The summed E-state index contributed by atoms with van der Waals surface area (Å²) in [5.74, 6) is -0.564. The predicted molar refractivity (Wildman–Crippen MR) is 84.6 cm³/mol. The largest absolute Gasteiger partial charge is 0.280 e. The number of carbonyl (C=O) groups excluding carboxylic acids is 1. The fourth-order valence-corrected chi connectivity index (χ4v) is 4.05. The molecule has 0 saturated carbocycles. The summed E-state index contributed by atoms with van der Waals surface area (Å²) in [6.07, 6.45) is 1.67. The Bertz CT molecular complexity index is 857. The molecular weight excluding hydrogens is 349 g/mol. The minimum Gasteiger partial charge on any atom is -0.280 e. The molecule has 0 N–H and O–H groups in total. The number of carbonyl (C=O) groups is 1. The molecule has 116 valence electrons. The van der Waals surface area contributed by atoms with Crippen molar-refractivity contribution in [1.29, 1.82) is 0 Å². The second-order valence-electron chi connectivity index (χ2n) is 5.12. The maximum Gasteiger partial charge on any atom is 0.232 e. The van der Waals surface area contributed by atoms with Crippen LogP contribution in [0.15, 0.2) is 24.4 Å². The van der Waals surface area contributed by atoms with Gasteiger partial charge in [-0.15, -0.1) is 0 Å². The molecule has 1 aliphatic heterocycles. The summed E-state index contributed by atoms with van der Waals surface area (Å²) in [6, 6.07) is 5.26. The normalized spacial score (nSPS) is 19.1. The van der Waals surface area contributed by atoms with E-state index in [4.69, 9.17) is 22.3 Å². The van der Waals surface area contributed by atoms with Crippen LogP contribution in [0.25, 0.3) is 10.9 Å². The molecule has 1 saturated heterocycles. The highest BCUT2D eigenvalue weighted by Gasteiger charge is 2.34. The smallest absolute Gasteiger partial charge is 0.232 e. The topological polar surface area (TPSA) is 80.2 Å². The van der Waals surface area contributed by atoms with Crippen LogP contribution in [-0.2, 0) is 13.8 Å². The molecule has 0 bridgehead atoms. The Kier molecular flexibility index (Phi) is 3.96. The lowest BCUT2D eigenvalue weighted by Gasteiger charge is -2.14. The highest BCUT2D eigenvalue weighted by Crippen LogP contribution is 2.27. The molecule has 1 fully saturated rings. The molecule has 1 aliphatic rings. The van der Waals surface area contributed by atoms with Gasteiger partial charge in [-0.2, -0.15) is 0 Å². The number of nitrogens with zero attached hydrogens (tertiary/aromatic N) is 3. The first-order valence-corrected chi connectivity index (χ1v) is 9.33. The van der Waals surface area contributed by atoms with Gasteiger partial charge in [-0.05, 0) is 12.1 Å². The zero-order chi connectivity index (χ0) is 15.9. The number of anilines is 1. The maximum atomic E-state index is 12.1. The van der Waals surface area contributed by atoms with Crippen molar-refractivity contribution in [2.75, 3.05) is 17.2 Å². The lowest BCUT2D eigenvalue weighted by molar-refractivity contribution is -0.117. The first-order valence-electron chi connectivity index (χ1n) is 6.47. The molecule has 1 atom stereocenters. The lowest BCUT2D eigenvalue weighted by atomic mass is 10.1. The Morgan fingerprint density at radius 3 is 2.86 bits per heavy atom. The Morgan fingerprint density at radius 2 is 2.14 bits per heavy atom. The number of amides is 1. The Hall–Kier alpha value is -1.44. The average Bonchev–Trinajstić information content (AvgIpc) is 2.77. The average molecular weight is 360 g/mol. The van der Waals surface area contributed by atoms with Crippen molar-refractivity contribution in [3.05, 3.63) is 29.4 Å². The molecular formula is C13H11Cl2N3O3S. The molecule has 1 aromatic carbocycles. The highest BCUT2D eigenvalue weighted by atomic mass is 35.7. The van der Waals surface area contributed by atoms with E-state index >= 15 is 0 Å². The first-order chi connectivity index (χ1) is 10.3.